The Morgan fingerprint density at radius 1 is 1.00 bits per heavy atom. The lowest BCUT2D eigenvalue weighted by Crippen LogP contribution is -2.57. The maximum atomic E-state index is 13.2. The quantitative estimate of drug-likeness (QED) is 0.653. The Labute approximate surface area is 170 Å². The van der Waals surface area contributed by atoms with Gasteiger partial charge in [0.15, 0.2) is 5.78 Å². The Kier molecular flexibility index (Phi) is 4.41. The largest absolute Gasteiger partial charge is 0.296 e. The second-order valence-corrected chi connectivity index (χ2v) is 9.63. The number of benzene rings is 2. The summed E-state index contributed by atoms with van der Waals surface area (Å²) in [5.74, 6) is 0.660. The number of para-hydroxylation sites is 1. The number of hydrogen-bond donors (Lipinski definition) is 0. The van der Waals surface area contributed by atoms with E-state index >= 15 is 0 Å². The molecule has 0 radical (unpaired) electrons. The van der Waals surface area contributed by atoms with E-state index in [0.717, 1.165) is 30.5 Å². The van der Waals surface area contributed by atoms with E-state index < -0.39 is 10.0 Å². The van der Waals surface area contributed by atoms with Gasteiger partial charge >= 0.3 is 0 Å². The summed E-state index contributed by atoms with van der Waals surface area (Å²) in [5.41, 5.74) is 1.73. The molecule has 5 nitrogen and oxygen atoms in total. The van der Waals surface area contributed by atoms with E-state index in [1.54, 1.807) is 36.5 Å². The number of carbonyl (C=O) groups is 1. The average Bonchev–Trinajstić information content (AvgIpc) is 3.10. The Morgan fingerprint density at radius 3 is 2.55 bits per heavy atom. The maximum absolute atomic E-state index is 13.2. The SMILES string of the molecule is O=C1C=C[C@@H]2[C@H](C1)CN2CCc1cn(S(=O)(=O)c2ccccc2)c2ccccc12. The fraction of sp³-hybridized carbons (Fsp3) is 0.261. The zero-order chi connectivity index (χ0) is 20.0. The summed E-state index contributed by atoms with van der Waals surface area (Å²) in [6.07, 6.45) is 6.90. The first-order valence-electron chi connectivity index (χ1n) is 9.89. The van der Waals surface area contributed by atoms with E-state index in [9.17, 15) is 13.2 Å². The van der Waals surface area contributed by atoms with Crippen LogP contribution in [-0.4, -0.2) is 42.2 Å². The van der Waals surface area contributed by atoms with Crippen molar-refractivity contribution in [3.05, 3.63) is 78.5 Å². The number of allylic oxidation sites excluding steroid dienone is 1. The van der Waals surface area contributed by atoms with Crippen LogP contribution in [0.25, 0.3) is 10.9 Å². The first kappa shape index (κ1) is 18.3. The molecule has 2 atom stereocenters. The van der Waals surface area contributed by atoms with Crippen LogP contribution in [0.2, 0.25) is 0 Å². The van der Waals surface area contributed by atoms with Crippen molar-refractivity contribution in [3.63, 3.8) is 0 Å². The van der Waals surface area contributed by atoms with Crippen LogP contribution >= 0.6 is 0 Å². The third kappa shape index (κ3) is 3.12. The lowest BCUT2D eigenvalue weighted by molar-refractivity contribution is -0.118. The predicted molar refractivity (Wildman–Crippen MR) is 112 cm³/mol. The normalized spacial score (nSPS) is 21.9. The highest BCUT2D eigenvalue weighted by Crippen LogP contribution is 2.33. The Hall–Kier alpha value is -2.70. The fourth-order valence-electron chi connectivity index (χ4n) is 4.51. The molecular weight excluding hydrogens is 384 g/mol. The van der Waals surface area contributed by atoms with Gasteiger partial charge in [-0.2, -0.15) is 0 Å². The molecular formula is C23H22N2O3S. The van der Waals surface area contributed by atoms with Gasteiger partial charge in [-0.1, -0.05) is 42.5 Å². The van der Waals surface area contributed by atoms with Crippen molar-refractivity contribution in [2.75, 3.05) is 13.1 Å². The van der Waals surface area contributed by atoms with Crippen LogP contribution in [-0.2, 0) is 21.2 Å². The zero-order valence-electron chi connectivity index (χ0n) is 15.9. The van der Waals surface area contributed by atoms with E-state index in [4.69, 9.17) is 0 Å². The molecule has 6 heteroatoms. The highest BCUT2D eigenvalue weighted by Gasteiger charge is 2.39. The van der Waals surface area contributed by atoms with Crippen molar-refractivity contribution in [2.24, 2.45) is 5.92 Å². The van der Waals surface area contributed by atoms with E-state index in [1.165, 1.54) is 3.97 Å². The van der Waals surface area contributed by atoms with E-state index in [-0.39, 0.29) is 10.7 Å². The molecule has 0 unspecified atom stereocenters. The Balaban J connectivity index is 1.44. The smallest absolute Gasteiger partial charge is 0.268 e. The van der Waals surface area contributed by atoms with Gasteiger partial charge in [0.05, 0.1) is 10.4 Å². The van der Waals surface area contributed by atoms with Gasteiger partial charge in [0.1, 0.15) is 0 Å². The Bertz CT molecular complexity index is 1210. The highest BCUT2D eigenvalue weighted by molar-refractivity contribution is 7.90. The Morgan fingerprint density at radius 2 is 1.76 bits per heavy atom. The van der Waals surface area contributed by atoms with Crippen LogP contribution in [0.3, 0.4) is 0 Å². The van der Waals surface area contributed by atoms with E-state index in [0.29, 0.717) is 23.9 Å². The molecule has 0 N–H and O–H groups in total. The molecule has 1 fully saturated rings. The highest BCUT2D eigenvalue weighted by atomic mass is 32.2. The van der Waals surface area contributed by atoms with E-state index in [1.807, 2.05) is 36.4 Å². The lowest BCUT2D eigenvalue weighted by atomic mass is 9.80. The van der Waals surface area contributed by atoms with Gasteiger partial charge in [0.25, 0.3) is 10.0 Å². The minimum Gasteiger partial charge on any atom is -0.296 e. The van der Waals surface area contributed by atoms with Crippen molar-refractivity contribution in [3.8, 4) is 0 Å². The molecule has 2 aliphatic rings. The maximum Gasteiger partial charge on any atom is 0.268 e. The van der Waals surface area contributed by atoms with Crippen molar-refractivity contribution < 1.29 is 13.2 Å². The molecule has 1 aliphatic carbocycles. The zero-order valence-corrected chi connectivity index (χ0v) is 16.8. The number of fused-ring (bicyclic) bond motifs is 2. The number of likely N-dealkylation sites (tertiary alicyclic amines) is 1. The summed E-state index contributed by atoms with van der Waals surface area (Å²) < 4.78 is 27.8. The molecule has 0 amide bonds. The topological polar surface area (TPSA) is 59.4 Å². The molecule has 0 bridgehead atoms. The lowest BCUT2D eigenvalue weighted by Gasteiger charge is -2.48. The number of ketones is 1. The number of hydrogen-bond acceptors (Lipinski definition) is 4. The number of rotatable bonds is 5. The van der Waals surface area contributed by atoms with Gasteiger partial charge < -0.3 is 0 Å². The second kappa shape index (κ2) is 6.97. The molecule has 5 rings (SSSR count). The van der Waals surface area contributed by atoms with Gasteiger partial charge in [-0.05, 0) is 42.2 Å². The minimum atomic E-state index is -3.65. The standard InChI is InChI=1S/C23H22N2O3S/c26-19-10-11-22-18(14-19)15-24(22)13-12-17-16-25(23-9-5-4-8-21(17)23)29(27,28)20-6-2-1-3-7-20/h1-11,16,18,22H,12-15H2/t18-,22-/m1/s1. The predicted octanol–water partition coefficient (Wildman–Crippen LogP) is 3.25. The summed E-state index contributed by atoms with van der Waals surface area (Å²) in [6.45, 7) is 1.78. The molecule has 3 aromatic rings. The summed E-state index contributed by atoms with van der Waals surface area (Å²) >= 11 is 0. The van der Waals surface area contributed by atoms with Crippen molar-refractivity contribution in [1.29, 1.82) is 0 Å². The van der Waals surface area contributed by atoms with Gasteiger partial charge in [-0.3, -0.25) is 9.69 Å². The third-order valence-electron chi connectivity index (χ3n) is 6.05. The van der Waals surface area contributed by atoms with Gasteiger partial charge in [0, 0.05) is 37.1 Å². The first-order chi connectivity index (χ1) is 14.0. The monoisotopic (exact) mass is 406 g/mol. The van der Waals surface area contributed by atoms with Gasteiger partial charge in [0.2, 0.25) is 0 Å². The molecule has 1 aromatic heterocycles. The minimum absolute atomic E-state index is 0.222. The second-order valence-electron chi connectivity index (χ2n) is 7.81. The van der Waals surface area contributed by atoms with Crippen LogP contribution in [0.5, 0.6) is 0 Å². The number of carbonyl (C=O) groups excluding carboxylic acids is 1. The molecule has 2 heterocycles. The van der Waals surface area contributed by atoms with Crippen LogP contribution in [0.4, 0.5) is 0 Å². The summed E-state index contributed by atoms with van der Waals surface area (Å²) in [6, 6.07) is 16.5. The summed E-state index contributed by atoms with van der Waals surface area (Å²) in [7, 11) is -3.65. The molecule has 148 valence electrons. The molecule has 1 aliphatic heterocycles. The van der Waals surface area contributed by atoms with Crippen molar-refractivity contribution >= 4 is 26.7 Å². The van der Waals surface area contributed by atoms with Crippen LogP contribution in [0.15, 0.2) is 77.8 Å². The average molecular weight is 407 g/mol. The fourth-order valence-corrected chi connectivity index (χ4v) is 5.93. The summed E-state index contributed by atoms with van der Waals surface area (Å²) in [4.78, 5) is 14.2. The first-order valence-corrected chi connectivity index (χ1v) is 11.3. The number of aromatic nitrogens is 1. The number of nitrogens with zero attached hydrogens (tertiary/aromatic N) is 2. The third-order valence-corrected chi connectivity index (χ3v) is 7.73. The molecule has 2 aromatic carbocycles. The summed E-state index contributed by atoms with van der Waals surface area (Å²) in [5, 5.41) is 0.971. The van der Waals surface area contributed by atoms with Crippen LogP contribution in [0, 0.1) is 5.92 Å². The molecule has 0 saturated carbocycles. The van der Waals surface area contributed by atoms with Crippen LogP contribution < -0.4 is 0 Å². The van der Waals surface area contributed by atoms with Gasteiger partial charge in [-0.25, -0.2) is 12.4 Å². The molecule has 0 spiro atoms. The van der Waals surface area contributed by atoms with Crippen molar-refractivity contribution in [1.82, 2.24) is 8.87 Å². The van der Waals surface area contributed by atoms with Gasteiger partial charge in [-0.15, -0.1) is 0 Å². The van der Waals surface area contributed by atoms with E-state index in [2.05, 4.69) is 4.90 Å². The van der Waals surface area contributed by atoms with Crippen molar-refractivity contribution in [2.45, 2.75) is 23.8 Å². The molecule has 29 heavy (non-hydrogen) atoms. The molecule has 1 saturated heterocycles. The van der Waals surface area contributed by atoms with Crippen LogP contribution in [0.1, 0.15) is 12.0 Å².